The molecule has 1 aromatic heterocycles. The second kappa shape index (κ2) is 7.01. The van der Waals surface area contributed by atoms with E-state index in [-0.39, 0.29) is 29.3 Å². The molecule has 0 amide bonds. The summed E-state index contributed by atoms with van der Waals surface area (Å²) >= 11 is 0. The van der Waals surface area contributed by atoms with Gasteiger partial charge >= 0.3 is 5.97 Å². The topological polar surface area (TPSA) is 48.7 Å². The van der Waals surface area contributed by atoms with E-state index in [1.807, 2.05) is 30.3 Å². The molecule has 1 aliphatic heterocycles. The van der Waals surface area contributed by atoms with Gasteiger partial charge in [0.1, 0.15) is 18.5 Å². The smallest absolute Gasteiger partial charge is 0.338 e. The van der Waals surface area contributed by atoms with Crippen LogP contribution in [0.25, 0.3) is 0 Å². The van der Waals surface area contributed by atoms with E-state index in [2.05, 4.69) is 26.8 Å². The number of rotatable bonds is 4. The van der Waals surface area contributed by atoms with Gasteiger partial charge in [0, 0.05) is 11.3 Å². The molecular weight excluding hydrogens is 340 g/mol. The number of hydrogen-bond acceptors (Lipinski definition) is 4. The van der Waals surface area contributed by atoms with Gasteiger partial charge in [-0.2, -0.15) is 0 Å². The highest BCUT2D eigenvalue weighted by Gasteiger charge is 2.55. The van der Waals surface area contributed by atoms with E-state index in [4.69, 9.17) is 13.9 Å². The molecule has 1 aromatic carbocycles. The van der Waals surface area contributed by atoms with Crippen LogP contribution in [0, 0.1) is 23.2 Å². The Morgan fingerprint density at radius 2 is 1.96 bits per heavy atom. The fourth-order valence-electron chi connectivity index (χ4n) is 4.82. The highest BCUT2D eigenvalue weighted by atomic mass is 16.5. The normalized spacial score (nSPS) is 32.6. The quantitative estimate of drug-likeness (QED) is 0.562. The molecule has 1 aliphatic carbocycles. The number of allylic oxidation sites excluding steroid dienone is 1. The van der Waals surface area contributed by atoms with E-state index in [1.54, 1.807) is 18.4 Å². The van der Waals surface area contributed by atoms with Gasteiger partial charge in [-0.05, 0) is 43.0 Å². The first kappa shape index (κ1) is 18.1. The van der Waals surface area contributed by atoms with E-state index in [9.17, 15) is 4.79 Å². The lowest BCUT2D eigenvalue weighted by Gasteiger charge is -2.54. The Morgan fingerprint density at radius 1 is 1.19 bits per heavy atom. The largest absolute Gasteiger partial charge is 0.467 e. The molecule has 5 atom stereocenters. The molecule has 2 aliphatic rings. The minimum Gasteiger partial charge on any atom is -0.467 e. The zero-order valence-corrected chi connectivity index (χ0v) is 16.1. The summed E-state index contributed by atoms with van der Waals surface area (Å²) < 4.78 is 17.7. The fourth-order valence-corrected chi connectivity index (χ4v) is 4.82. The van der Waals surface area contributed by atoms with Crippen LogP contribution in [0.15, 0.2) is 64.8 Å². The van der Waals surface area contributed by atoms with Gasteiger partial charge in [0.05, 0.1) is 18.4 Å². The average molecular weight is 366 g/mol. The third-order valence-electron chi connectivity index (χ3n) is 6.55. The minimum absolute atomic E-state index is 0.0864. The summed E-state index contributed by atoms with van der Waals surface area (Å²) in [6.07, 6.45) is 3.92. The number of esters is 1. The first-order valence-corrected chi connectivity index (χ1v) is 9.58. The van der Waals surface area contributed by atoms with Gasteiger partial charge in [0.2, 0.25) is 0 Å². The van der Waals surface area contributed by atoms with Crippen LogP contribution in [-0.2, 0) is 9.47 Å². The molecule has 0 radical (unpaired) electrons. The van der Waals surface area contributed by atoms with Crippen molar-refractivity contribution in [2.75, 3.05) is 13.2 Å². The number of carbonyl (C=O) groups is 1. The molecule has 1 saturated heterocycles. The zero-order chi connectivity index (χ0) is 19.0. The first-order valence-electron chi connectivity index (χ1n) is 9.58. The molecule has 2 heterocycles. The van der Waals surface area contributed by atoms with Crippen molar-refractivity contribution in [3.8, 4) is 0 Å². The van der Waals surface area contributed by atoms with Crippen molar-refractivity contribution < 1.29 is 18.7 Å². The van der Waals surface area contributed by atoms with Gasteiger partial charge in [-0.25, -0.2) is 4.79 Å². The van der Waals surface area contributed by atoms with Crippen molar-refractivity contribution >= 4 is 5.97 Å². The molecular formula is C23H26O4. The van der Waals surface area contributed by atoms with Crippen LogP contribution in [0.1, 0.15) is 43.0 Å². The number of fused-ring (bicyclic) bond motifs is 2. The van der Waals surface area contributed by atoms with E-state index in [0.717, 1.165) is 5.76 Å². The molecule has 0 spiro atoms. The van der Waals surface area contributed by atoms with E-state index < -0.39 is 0 Å². The molecule has 4 heteroatoms. The van der Waals surface area contributed by atoms with Gasteiger partial charge < -0.3 is 13.9 Å². The predicted octanol–water partition coefficient (Wildman–Crippen LogP) is 5.04. The summed E-state index contributed by atoms with van der Waals surface area (Å²) in [4.78, 5) is 12.5. The summed E-state index contributed by atoms with van der Waals surface area (Å²) in [5.41, 5.74) is 1.68. The summed E-state index contributed by atoms with van der Waals surface area (Å²) in [5.74, 6) is 1.38. The molecule has 2 aromatic rings. The number of furan rings is 1. The lowest BCUT2D eigenvalue weighted by Crippen LogP contribution is -2.54. The van der Waals surface area contributed by atoms with Crippen LogP contribution in [0.2, 0.25) is 0 Å². The maximum atomic E-state index is 12.5. The molecule has 0 saturated carbocycles. The van der Waals surface area contributed by atoms with Crippen LogP contribution in [0.4, 0.5) is 0 Å². The maximum Gasteiger partial charge on any atom is 0.338 e. The molecule has 0 N–H and O–H groups in total. The van der Waals surface area contributed by atoms with Crippen molar-refractivity contribution in [2.24, 2.45) is 23.2 Å². The van der Waals surface area contributed by atoms with Gasteiger partial charge in [-0.3, -0.25) is 0 Å². The van der Waals surface area contributed by atoms with E-state index in [0.29, 0.717) is 24.7 Å². The lowest BCUT2D eigenvalue weighted by atomic mass is 9.56. The Bertz CT molecular complexity index is 823. The van der Waals surface area contributed by atoms with Crippen LogP contribution >= 0.6 is 0 Å². The summed E-state index contributed by atoms with van der Waals surface area (Å²) in [6.45, 7) is 7.52. The monoisotopic (exact) mass is 366 g/mol. The van der Waals surface area contributed by atoms with Gasteiger partial charge in [-0.1, -0.05) is 43.7 Å². The van der Waals surface area contributed by atoms with Crippen LogP contribution in [0.3, 0.4) is 0 Å². The molecule has 27 heavy (non-hydrogen) atoms. The second-order valence-corrected chi connectivity index (χ2v) is 7.94. The molecule has 2 bridgehead atoms. The summed E-state index contributed by atoms with van der Waals surface area (Å²) in [6, 6.07) is 13.0. The molecule has 4 nitrogen and oxygen atoms in total. The molecule has 1 fully saturated rings. The van der Waals surface area contributed by atoms with Gasteiger partial charge in [0.25, 0.3) is 0 Å². The molecule has 0 unspecified atom stereocenters. The van der Waals surface area contributed by atoms with Crippen LogP contribution < -0.4 is 0 Å². The zero-order valence-electron chi connectivity index (χ0n) is 16.1. The standard InChI is InChI=1S/C23H26O4/c1-15-12-16(2)23(14-27-22(24)18-8-5-4-6-9-18)13-26-21(20(15)17(23)3)19-10-7-11-25-19/h4-12,16-17,20-21H,13-14H2,1-3H3/t16-,17+,20+,21+,23-/m0/s1. The Hall–Kier alpha value is -2.33. The van der Waals surface area contributed by atoms with Crippen molar-refractivity contribution in [3.05, 3.63) is 71.7 Å². The maximum absolute atomic E-state index is 12.5. The Labute approximate surface area is 160 Å². The SMILES string of the molecule is CC1=C[C@H](C)[C@@]2(COC(=O)c3ccccc3)CO[C@H](c3ccco3)[C@H]1[C@H]2C. The van der Waals surface area contributed by atoms with E-state index in [1.165, 1.54) is 5.57 Å². The molecule has 4 rings (SSSR count). The predicted molar refractivity (Wildman–Crippen MR) is 102 cm³/mol. The van der Waals surface area contributed by atoms with Crippen LogP contribution in [0.5, 0.6) is 0 Å². The van der Waals surface area contributed by atoms with Gasteiger partial charge in [-0.15, -0.1) is 0 Å². The van der Waals surface area contributed by atoms with Crippen LogP contribution in [-0.4, -0.2) is 19.2 Å². The number of benzene rings is 1. The second-order valence-electron chi connectivity index (χ2n) is 7.94. The Morgan fingerprint density at radius 3 is 2.67 bits per heavy atom. The van der Waals surface area contributed by atoms with Gasteiger partial charge in [0.15, 0.2) is 0 Å². The Kier molecular flexibility index (Phi) is 4.68. The molecule has 142 valence electrons. The Balaban J connectivity index is 1.58. The summed E-state index contributed by atoms with van der Waals surface area (Å²) in [5, 5.41) is 0. The summed E-state index contributed by atoms with van der Waals surface area (Å²) in [7, 11) is 0. The minimum atomic E-state index is -0.277. The van der Waals surface area contributed by atoms with Crippen molar-refractivity contribution in [1.82, 2.24) is 0 Å². The number of hydrogen-bond donors (Lipinski definition) is 0. The van der Waals surface area contributed by atoms with Crippen molar-refractivity contribution in [3.63, 3.8) is 0 Å². The van der Waals surface area contributed by atoms with Crippen molar-refractivity contribution in [1.29, 1.82) is 0 Å². The first-order chi connectivity index (χ1) is 13.0. The number of carbonyl (C=O) groups excluding carboxylic acids is 1. The average Bonchev–Trinajstić information content (AvgIpc) is 3.20. The highest BCUT2D eigenvalue weighted by Crippen LogP contribution is 2.56. The number of ether oxygens (including phenoxy) is 2. The third-order valence-corrected chi connectivity index (χ3v) is 6.55. The fraction of sp³-hybridized carbons (Fsp3) is 0.435. The third kappa shape index (κ3) is 3.02. The lowest BCUT2D eigenvalue weighted by molar-refractivity contribution is -0.170. The highest BCUT2D eigenvalue weighted by molar-refractivity contribution is 5.89. The van der Waals surface area contributed by atoms with Crippen molar-refractivity contribution in [2.45, 2.75) is 26.9 Å². The van der Waals surface area contributed by atoms with E-state index >= 15 is 0 Å².